The van der Waals surface area contributed by atoms with Crippen molar-refractivity contribution >= 4 is 21.1 Å². The second-order valence-corrected chi connectivity index (χ2v) is 7.62. The monoisotopic (exact) mass is 368 g/mol. The van der Waals surface area contributed by atoms with Gasteiger partial charge in [0.15, 0.2) is 11.5 Å². The molecule has 2 heterocycles. The highest BCUT2D eigenvalue weighted by molar-refractivity contribution is 7.89. The minimum atomic E-state index is -3.51. The van der Waals surface area contributed by atoms with Gasteiger partial charge in [-0.15, -0.1) is 5.10 Å². The zero-order valence-corrected chi connectivity index (χ0v) is 14.9. The van der Waals surface area contributed by atoms with Crippen LogP contribution in [-0.4, -0.2) is 40.4 Å². The SMILES string of the molecule is CNS(=O)(=O)c1ccc2nc(-c3nn(-c4ccccc4)nc3C)[nH]c2c1. The number of para-hydroxylation sites is 1. The van der Waals surface area contributed by atoms with E-state index in [0.717, 1.165) is 11.4 Å². The molecule has 2 aromatic carbocycles. The Morgan fingerprint density at radius 1 is 1.08 bits per heavy atom. The number of imidazole rings is 1. The molecule has 0 radical (unpaired) electrons. The molecule has 4 rings (SSSR count). The van der Waals surface area contributed by atoms with Crippen LogP contribution in [-0.2, 0) is 10.0 Å². The average Bonchev–Trinajstić information content (AvgIpc) is 3.25. The first-order valence-electron chi connectivity index (χ1n) is 7.91. The molecule has 0 bridgehead atoms. The molecule has 26 heavy (non-hydrogen) atoms. The summed E-state index contributed by atoms with van der Waals surface area (Å²) in [4.78, 5) is 9.37. The van der Waals surface area contributed by atoms with Gasteiger partial charge in [0.25, 0.3) is 0 Å². The van der Waals surface area contributed by atoms with Crippen molar-refractivity contribution in [2.24, 2.45) is 0 Å². The molecule has 0 atom stereocenters. The molecule has 0 saturated heterocycles. The summed E-state index contributed by atoms with van der Waals surface area (Å²) in [5, 5.41) is 8.95. The number of fused-ring (bicyclic) bond motifs is 1. The van der Waals surface area contributed by atoms with Gasteiger partial charge in [-0.25, -0.2) is 18.1 Å². The van der Waals surface area contributed by atoms with Crippen LogP contribution in [0.3, 0.4) is 0 Å². The highest BCUT2D eigenvalue weighted by atomic mass is 32.2. The molecule has 0 amide bonds. The molecule has 132 valence electrons. The fraction of sp³-hybridized carbons (Fsp3) is 0.118. The number of nitrogens with zero attached hydrogens (tertiary/aromatic N) is 4. The summed E-state index contributed by atoms with van der Waals surface area (Å²) in [7, 11) is -2.14. The van der Waals surface area contributed by atoms with E-state index in [9.17, 15) is 8.42 Å². The van der Waals surface area contributed by atoms with Crippen molar-refractivity contribution in [2.45, 2.75) is 11.8 Å². The first-order chi connectivity index (χ1) is 12.5. The van der Waals surface area contributed by atoms with Crippen molar-refractivity contribution in [1.82, 2.24) is 29.7 Å². The third-order valence-electron chi connectivity index (χ3n) is 4.03. The number of aryl methyl sites for hydroxylation is 1. The number of H-pyrrole nitrogens is 1. The molecular formula is C17H16N6O2S. The van der Waals surface area contributed by atoms with Crippen LogP contribution in [0.4, 0.5) is 0 Å². The Bertz CT molecular complexity index is 1190. The number of hydrogen-bond donors (Lipinski definition) is 2. The Hall–Kier alpha value is -3.04. The van der Waals surface area contributed by atoms with Crippen LogP contribution in [0.25, 0.3) is 28.2 Å². The van der Waals surface area contributed by atoms with Crippen LogP contribution in [0.15, 0.2) is 53.4 Å². The van der Waals surface area contributed by atoms with Crippen molar-refractivity contribution in [3.8, 4) is 17.2 Å². The minimum absolute atomic E-state index is 0.173. The minimum Gasteiger partial charge on any atom is -0.336 e. The predicted molar refractivity (Wildman–Crippen MR) is 97.4 cm³/mol. The Morgan fingerprint density at radius 2 is 1.85 bits per heavy atom. The van der Waals surface area contributed by atoms with Crippen LogP contribution >= 0.6 is 0 Å². The van der Waals surface area contributed by atoms with E-state index in [-0.39, 0.29) is 4.90 Å². The lowest BCUT2D eigenvalue weighted by Gasteiger charge is -2.01. The standard InChI is InChI=1S/C17H16N6O2S/c1-11-16(22-23(21-11)12-6-4-3-5-7-12)17-19-14-9-8-13(10-15(14)20-17)26(24,25)18-2/h3-10,18H,1-2H3,(H,19,20). The second-order valence-electron chi connectivity index (χ2n) is 5.73. The lowest BCUT2D eigenvalue weighted by atomic mass is 10.3. The largest absolute Gasteiger partial charge is 0.336 e. The van der Waals surface area contributed by atoms with Crippen molar-refractivity contribution in [2.75, 3.05) is 7.05 Å². The summed E-state index contributed by atoms with van der Waals surface area (Å²) < 4.78 is 26.2. The number of hydrogen-bond acceptors (Lipinski definition) is 5. The molecule has 2 aromatic heterocycles. The zero-order chi connectivity index (χ0) is 18.3. The summed E-state index contributed by atoms with van der Waals surface area (Å²) in [5.74, 6) is 0.540. The van der Waals surface area contributed by atoms with Crippen molar-refractivity contribution in [3.63, 3.8) is 0 Å². The fourth-order valence-electron chi connectivity index (χ4n) is 2.66. The van der Waals surface area contributed by atoms with Gasteiger partial charge in [0.2, 0.25) is 10.0 Å². The van der Waals surface area contributed by atoms with E-state index in [0.29, 0.717) is 22.6 Å². The quantitative estimate of drug-likeness (QED) is 0.573. The summed E-state index contributed by atoms with van der Waals surface area (Å²) in [5.41, 5.74) is 3.45. The average molecular weight is 368 g/mol. The van der Waals surface area contributed by atoms with Gasteiger partial charge >= 0.3 is 0 Å². The van der Waals surface area contributed by atoms with Gasteiger partial charge in [0.1, 0.15) is 0 Å². The van der Waals surface area contributed by atoms with Crippen molar-refractivity contribution in [1.29, 1.82) is 0 Å². The van der Waals surface area contributed by atoms with Crippen molar-refractivity contribution in [3.05, 3.63) is 54.2 Å². The summed E-state index contributed by atoms with van der Waals surface area (Å²) in [6, 6.07) is 14.3. The summed E-state index contributed by atoms with van der Waals surface area (Å²) in [6.07, 6.45) is 0. The van der Waals surface area contributed by atoms with E-state index in [4.69, 9.17) is 0 Å². The second kappa shape index (κ2) is 6.04. The number of benzene rings is 2. The van der Waals surface area contributed by atoms with Gasteiger partial charge < -0.3 is 4.98 Å². The normalized spacial score (nSPS) is 11.9. The molecule has 8 nitrogen and oxygen atoms in total. The Balaban J connectivity index is 1.79. The van der Waals surface area contributed by atoms with E-state index in [1.807, 2.05) is 37.3 Å². The van der Waals surface area contributed by atoms with E-state index in [2.05, 4.69) is 24.9 Å². The molecule has 0 aliphatic carbocycles. The summed E-state index contributed by atoms with van der Waals surface area (Å²) in [6.45, 7) is 1.85. The molecule has 0 saturated carbocycles. The van der Waals surface area contributed by atoms with E-state index < -0.39 is 10.0 Å². The molecule has 9 heteroatoms. The molecule has 0 spiro atoms. The molecule has 0 aliphatic rings. The van der Waals surface area contributed by atoms with Gasteiger partial charge in [-0.05, 0) is 44.3 Å². The number of aromatic amines is 1. The highest BCUT2D eigenvalue weighted by Crippen LogP contribution is 2.23. The van der Waals surface area contributed by atoms with Crippen LogP contribution in [0.5, 0.6) is 0 Å². The lowest BCUT2D eigenvalue weighted by molar-refractivity contribution is 0.588. The lowest BCUT2D eigenvalue weighted by Crippen LogP contribution is -2.18. The zero-order valence-electron chi connectivity index (χ0n) is 14.1. The first-order valence-corrected chi connectivity index (χ1v) is 9.39. The van der Waals surface area contributed by atoms with Crippen LogP contribution < -0.4 is 4.72 Å². The maximum absolute atomic E-state index is 12.0. The molecular weight excluding hydrogens is 352 g/mol. The van der Waals surface area contributed by atoms with Gasteiger partial charge in [-0.1, -0.05) is 18.2 Å². The first kappa shape index (κ1) is 16.4. The topological polar surface area (TPSA) is 106 Å². The molecule has 0 fully saturated rings. The van der Waals surface area contributed by atoms with Crippen LogP contribution in [0, 0.1) is 6.92 Å². The highest BCUT2D eigenvalue weighted by Gasteiger charge is 2.17. The molecule has 2 N–H and O–H groups in total. The van der Waals surface area contributed by atoms with Crippen LogP contribution in [0.1, 0.15) is 5.69 Å². The Labute approximate surface area is 149 Å². The third kappa shape index (κ3) is 2.76. The smallest absolute Gasteiger partial charge is 0.240 e. The van der Waals surface area contributed by atoms with Crippen LogP contribution in [0.2, 0.25) is 0 Å². The van der Waals surface area contributed by atoms with Crippen molar-refractivity contribution < 1.29 is 8.42 Å². The predicted octanol–water partition coefficient (Wildman–Crippen LogP) is 2.03. The Morgan fingerprint density at radius 3 is 2.58 bits per heavy atom. The van der Waals surface area contributed by atoms with Gasteiger partial charge in [0, 0.05) is 0 Å². The third-order valence-corrected chi connectivity index (χ3v) is 5.44. The number of rotatable bonds is 4. The van der Waals surface area contributed by atoms with E-state index in [1.54, 1.807) is 16.9 Å². The molecule has 4 aromatic rings. The fourth-order valence-corrected chi connectivity index (χ4v) is 3.42. The maximum atomic E-state index is 12.0. The number of aromatic nitrogens is 5. The van der Waals surface area contributed by atoms with Gasteiger partial charge in [-0.2, -0.15) is 9.90 Å². The number of nitrogens with one attached hydrogen (secondary N) is 2. The van der Waals surface area contributed by atoms with E-state index >= 15 is 0 Å². The maximum Gasteiger partial charge on any atom is 0.240 e. The molecule has 0 aliphatic heterocycles. The molecule has 0 unspecified atom stereocenters. The summed E-state index contributed by atoms with van der Waals surface area (Å²) >= 11 is 0. The van der Waals surface area contributed by atoms with E-state index in [1.165, 1.54) is 13.1 Å². The van der Waals surface area contributed by atoms with Gasteiger partial charge in [0.05, 0.1) is 27.3 Å². The number of sulfonamides is 1. The Kier molecular flexibility index (Phi) is 3.82. The van der Waals surface area contributed by atoms with Gasteiger partial charge in [-0.3, -0.25) is 0 Å².